The fourth-order valence-corrected chi connectivity index (χ4v) is 5.00. The molecule has 8 heteroatoms. The topological polar surface area (TPSA) is 84.4 Å². The van der Waals surface area contributed by atoms with E-state index in [4.69, 9.17) is 14.2 Å². The van der Waals surface area contributed by atoms with Crippen LogP contribution in [0.3, 0.4) is 0 Å². The highest BCUT2D eigenvalue weighted by Gasteiger charge is 2.30. The van der Waals surface area contributed by atoms with E-state index in [1.165, 1.54) is 5.56 Å². The predicted molar refractivity (Wildman–Crippen MR) is 152 cm³/mol. The Morgan fingerprint density at radius 3 is 2.64 bits per heavy atom. The first kappa shape index (κ1) is 28.8. The molecule has 0 aliphatic carbocycles. The number of aliphatic hydroxyl groups excluding tert-OH is 1. The second-order valence-corrected chi connectivity index (χ2v) is 11.1. The number of rotatable bonds is 9. The van der Waals surface area contributed by atoms with Gasteiger partial charge in [-0.3, -0.25) is 14.8 Å². The fourth-order valence-electron chi connectivity index (χ4n) is 5.00. The summed E-state index contributed by atoms with van der Waals surface area (Å²) in [6.45, 7) is 8.93. The Labute approximate surface area is 231 Å². The predicted octanol–water partition coefficient (Wildman–Crippen LogP) is 5.20. The van der Waals surface area contributed by atoms with Gasteiger partial charge < -0.3 is 19.3 Å². The summed E-state index contributed by atoms with van der Waals surface area (Å²) in [6.07, 6.45) is 2.54. The molecule has 3 aromatic rings. The molecule has 2 heterocycles. The molecule has 2 atom stereocenters. The second kappa shape index (κ2) is 13.2. The lowest BCUT2D eigenvalue weighted by Gasteiger charge is -2.30. The summed E-state index contributed by atoms with van der Waals surface area (Å²) < 4.78 is 16.7. The number of carbonyl (C=O) groups is 1. The van der Waals surface area contributed by atoms with Crippen molar-refractivity contribution >= 4 is 17.1 Å². The number of hydrogen-bond donors (Lipinski definition) is 1. The number of ether oxygens (including phenoxy) is 3. The van der Waals surface area contributed by atoms with Crippen molar-refractivity contribution < 1.29 is 24.1 Å². The van der Waals surface area contributed by atoms with Gasteiger partial charge in [0.2, 0.25) is 0 Å². The quantitative estimate of drug-likeness (QED) is 0.375. The normalized spacial score (nSPS) is 17.9. The summed E-state index contributed by atoms with van der Waals surface area (Å²) in [6, 6.07) is 18.0. The summed E-state index contributed by atoms with van der Waals surface area (Å²) in [5.74, 6) is 0.729. The zero-order valence-corrected chi connectivity index (χ0v) is 23.5. The molecule has 0 radical (unpaired) electrons. The van der Waals surface area contributed by atoms with Crippen LogP contribution in [0.4, 0.5) is 4.79 Å². The minimum atomic E-state index is -0.697. The maximum atomic E-state index is 12.6. The standard InChI is InChI=1S/C31H41N3O5/c1-31(2,3)39-30(36)38-29-15-18-33(19-20-34(29)17-8-11-23-9-6-5-7-10-23)22-28(35)25-14-16-32-27-13-12-24(37-4)21-26(25)27/h5-7,9-10,12-14,16,21,28-29,35H,8,11,15,17-20,22H2,1-4H3. The molecule has 0 spiro atoms. The maximum Gasteiger partial charge on any atom is 0.510 e. The molecule has 8 nitrogen and oxygen atoms in total. The average molecular weight is 536 g/mol. The van der Waals surface area contributed by atoms with Gasteiger partial charge in [-0.2, -0.15) is 0 Å². The van der Waals surface area contributed by atoms with E-state index in [1.54, 1.807) is 13.3 Å². The molecular formula is C31H41N3O5. The van der Waals surface area contributed by atoms with Crippen molar-refractivity contribution in [1.29, 1.82) is 0 Å². The fraction of sp³-hybridized carbons (Fsp3) is 0.484. The van der Waals surface area contributed by atoms with Crippen LogP contribution >= 0.6 is 0 Å². The number of β-amino-alcohol motifs (C(OH)–C–C–N with tert-alkyl or cyclic N) is 1. The summed E-state index contributed by atoms with van der Waals surface area (Å²) in [4.78, 5) is 21.5. The average Bonchev–Trinajstić information content (AvgIpc) is 3.09. The lowest BCUT2D eigenvalue weighted by Crippen LogP contribution is -2.41. The number of carbonyl (C=O) groups excluding carboxylic acids is 1. The van der Waals surface area contributed by atoms with Crippen molar-refractivity contribution in [2.45, 2.75) is 58.0 Å². The van der Waals surface area contributed by atoms with Crippen LogP contribution < -0.4 is 4.74 Å². The molecule has 1 aromatic heterocycles. The van der Waals surface area contributed by atoms with Crippen LogP contribution in [0.5, 0.6) is 5.75 Å². The van der Waals surface area contributed by atoms with E-state index in [9.17, 15) is 9.90 Å². The van der Waals surface area contributed by atoms with Gasteiger partial charge in [-0.25, -0.2) is 4.79 Å². The van der Waals surface area contributed by atoms with Gasteiger partial charge in [0.15, 0.2) is 6.23 Å². The third-order valence-corrected chi connectivity index (χ3v) is 6.95. The first-order valence-corrected chi connectivity index (χ1v) is 13.7. The molecule has 1 N–H and O–H groups in total. The Morgan fingerprint density at radius 1 is 1.10 bits per heavy atom. The number of hydrogen-bond acceptors (Lipinski definition) is 8. The number of fused-ring (bicyclic) bond motifs is 1. The summed E-state index contributed by atoms with van der Waals surface area (Å²) in [7, 11) is 1.63. The van der Waals surface area contributed by atoms with Gasteiger partial charge in [-0.1, -0.05) is 30.3 Å². The summed E-state index contributed by atoms with van der Waals surface area (Å²) in [5.41, 5.74) is 2.32. The third kappa shape index (κ3) is 8.39. The van der Waals surface area contributed by atoms with Crippen molar-refractivity contribution in [3.05, 3.63) is 71.9 Å². The van der Waals surface area contributed by atoms with Crippen LogP contribution in [-0.2, 0) is 15.9 Å². The lowest BCUT2D eigenvalue weighted by molar-refractivity contribution is -0.0716. The highest BCUT2D eigenvalue weighted by atomic mass is 16.7. The van der Waals surface area contributed by atoms with Crippen LogP contribution in [0, 0.1) is 0 Å². The molecule has 1 fully saturated rings. The van der Waals surface area contributed by atoms with E-state index in [1.807, 2.05) is 51.1 Å². The van der Waals surface area contributed by atoms with Gasteiger partial charge in [0, 0.05) is 50.7 Å². The Bertz CT molecular complexity index is 1210. The first-order valence-electron chi connectivity index (χ1n) is 13.7. The van der Waals surface area contributed by atoms with Gasteiger partial charge in [-0.15, -0.1) is 0 Å². The monoisotopic (exact) mass is 535 g/mol. The Balaban J connectivity index is 1.43. The molecule has 4 rings (SSSR count). The van der Waals surface area contributed by atoms with Gasteiger partial charge in [-0.05, 0) is 69.0 Å². The van der Waals surface area contributed by atoms with Crippen LogP contribution in [0.25, 0.3) is 10.9 Å². The van der Waals surface area contributed by atoms with Crippen LogP contribution in [-0.4, -0.2) is 77.7 Å². The van der Waals surface area contributed by atoms with Crippen molar-refractivity contribution in [2.75, 3.05) is 39.8 Å². The van der Waals surface area contributed by atoms with Crippen LogP contribution in [0.2, 0.25) is 0 Å². The number of aromatic nitrogens is 1. The van der Waals surface area contributed by atoms with Gasteiger partial charge >= 0.3 is 6.16 Å². The highest BCUT2D eigenvalue weighted by Crippen LogP contribution is 2.28. The second-order valence-electron chi connectivity index (χ2n) is 11.1. The number of aliphatic hydroxyl groups is 1. The Morgan fingerprint density at radius 2 is 1.90 bits per heavy atom. The summed E-state index contributed by atoms with van der Waals surface area (Å²) in [5, 5.41) is 12.2. The van der Waals surface area contributed by atoms with Gasteiger partial charge in [0.1, 0.15) is 11.4 Å². The SMILES string of the molecule is COc1ccc2nccc(C(O)CN3CCC(OC(=O)OC(C)(C)C)N(CCCc4ccccc4)CC3)c2c1. The molecule has 0 amide bonds. The van der Waals surface area contributed by atoms with E-state index < -0.39 is 17.9 Å². The molecule has 1 aliphatic heterocycles. The highest BCUT2D eigenvalue weighted by molar-refractivity contribution is 5.83. The van der Waals surface area contributed by atoms with Crippen molar-refractivity contribution in [1.82, 2.24) is 14.8 Å². The van der Waals surface area contributed by atoms with E-state index in [0.29, 0.717) is 19.5 Å². The minimum Gasteiger partial charge on any atom is -0.497 e. The van der Waals surface area contributed by atoms with Crippen LogP contribution in [0.15, 0.2) is 60.8 Å². The molecule has 0 bridgehead atoms. The largest absolute Gasteiger partial charge is 0.510 e. The van der Waals surface area contributed by atoms with Gasteiger partial charge in [0.05, 0.1) is 18.7 Å². The summed E-state index contributed by atoms with van der Waals surface area (Å²) >= 11 is 0. The van der Waals surface area contributed by atoms with E-state index in [0.717, 1.165) is 54.7 Å². The first-order chi connectivity index (χ1) is 18.7. The maximum absolute atomic E-state index is 12.6. The lowest BCUT2D eigenvalue weighted by atomic mass is 10.0. The molecule has 1 aliphatic rings. The minimum absolute atomic E-state index is 0.385. The van der Waals surface area contributed by atoms with Crippen molar-refractivity contribution in [3.63, 3.8) is 0 Å². The molecule has 0 saturated carbocycles. The molecule has 1 saturated heterocycles. The molecule has 210 valence electrons. The van der Waals surface area contributed by atoms with E-state index in [-0.39, 0.29) is 6.23 Å². The van der Waals surface area contributed by atoms with Crippen molar-refractivity contribution in [2.24, 2.45) is 0 Å². The molecular weight excluding hydrogens is 494 g/mol. The third-order valence-electron chi connectivity index (χ3n) is 6.95. The van der Waals surface area contributed by atoms with Crippen LogP contribution in [0.1, 0.15) is 50.8 Å². The number of methoxy groups -OCH3 is 1. The number of pyridine rings is 1. The smallest absolute Gasteiger partial charge is 0.497 e. The molecule has 2 aromatic carbocycles. The van der Waals surface area contributed by atoms with Crippen molar-refractivity contribution in [3.8, 4) is 5.75 Å². The molecule has 2 unspecified atom stereocenters. The van der Waals surface area contributed by atoms with Gasteiger partial charge in [0.25, 0.3) is 0 Å². The number of nitrogens with zero attached hydrogens (tertiary/aromatic N) is 3. The number of benzene rings is 2. The molecule has 39 heavy (non-hydrogen) atoms. The zero-order chi connectivity index (χ0) is 27.8. The Hall–Kier alpha value is -3.20. The van der Waals surface area contributed by atoms with E-state index >= 15 is 0 Å². The van der Waals surface area contributed by atoms with E-state index in [2.05, 4.69) is 39.0 Å². The zero-order valence-electron chi connectivity index (χ0n) is 23.5. The number of aryl methyl sites for hydroxylation is 1. The Kier molecular flexibility index (Phi) is 9.78.